The molecule has 3 aromatic rings. The molecule has 7 nitrogen and oxygen atoms in total. The number of halogens is 3. The van der Waals surface area contributed by atoms with Crippen LogP contribution in [-0.4, -0.2) is 25.8 Å². The van der Waals surface area contributed by atoms with Crippen molar-refractivity contribution in [1.29, 1.82) is 0 Å². The molecule has 3 aromatic heterocycles. The van der Waals surface area contributed by atoms with Gasteiger partial charge in [-0.3, -0.25) is 14.8 Å². The highest BCUT2D eigenvalue weighted by atomic mass is 19.4. The average Bonchev–Trinajstić information content (AvgIpc) is 3.52. The van der Waals surface area contributed by atoms with Gasteiger partial charge < -0.3 is 9.73 Å². The number of nitrogens with zero attached hydrogens (tertiary/aromatic N) is 4. The molecule has 0 spiro atoms. The first-order valence-electron chi connectivity index (χ1n) is 10.0. The van der Waals surface area contributed by atoms with E-state index in [1.807, 2.05) is 12.1 Å². The van der Waals surface area contributed by atoms with E-state index in [1.165, 1.54) is 0 Å². The minimum atomic E-state index is -4.67. The molecule has 5 rings (SSSR count). The molecule has 1 atom stereocenters. The van der Waals surface area contributed by atoms with E-state index in [0.29, 0.717) is 42.3 Å². The fourth-order valence-corrected chi connectivity index (χ4v) is 3.71. The minimum Gasteiger partial charge on any atom is -0.441 e. The van der Waals surface area contributed by atoms with Crippen molar-refractivity contribution in [1.82, 2.24) is 25.3 Å². The fraction of sp³-hybridized carbons (Fsp3) is 0.381. The molecule has 0 bridgehead atoms. The van der Waals surface area contributed by atoms with Gasteiger partial charge in [-0.25, -0.2) is 9.97 Å². The number of nitrogens with one attached hydrogen (secondary N) is 1. The van der Waals surface area contributed by atoms with Crippen LogP contribution in [0.2, 0.25) is 0 Å². The Labute approximate surface area is 175 Å². The number of alkyl halides is 3. The lowest BCUT2D eigenvalue weighted by Crippen LogP contribution is -2.32. The molecule has 0 aliphatic heterocycles. The number of hydrogen-bond donors (Lipinski definition) is 1. The Hall–Kier alpha value is -3.30. The summed E-state index contributed by atoms with van der Waals surface area (Å²) in [6, 6.07) is 3.32. The third kappa shape index (κ3) is 4.01. The van der Waals surface area contributed by atoms with Crippen molar-refractivity contribution >= 4 is 5.91 Å². The van der Waals surface area contributed by atoms with Crippen molar-refractivity contribution in [3.05, 3.63) is 59.3 Å². The molecule has 31 heavy (non-hydrogen) atoms. The molecule has 0 radical (unpaired) electrons. The van der Waals surface area contributed by atoms with Gasteiger partial charge in [-0.2, -0.15) is 13.2 Å². The predicted octanol–water partition coefficient (Wildman–Crippen LogP) is 4.23. The number of carbonyl (C=O) groups is 1. The van der Waals surface area contributed by atoms with Crippen LogP contribution in [0.1, 0.15) is 71.0 Å². The number of hydrogen-bond acceptors (Lipinski definition) is 6. The lowest BCUT2D eigenvalue weighted by Gasteiger charge is -2.21. The normalized spacial score (nSPS) is 18.5. The summed E-state index contributed by atoms with van der Waals surface area (Å²) in [5.74, 6) is 0.881. The zero-order valence-corrected chi connectivity index (χ0v) is 16.3. The van der Waals surface area contributed by atoms with Gasteiger partial charge in [-0.15, -0.1) is 0 Å². The van der Waals surface area contributed by atoms with Gasteiger partial charge in [0.2, 0.25) is 5.89 Å². The molecule has 2 aliphatic rings. The lowest BCUT2D eigenvalue weighted by atomic mass is 9.96. The molecule has 0 saturated heterocycles. The summed E-state index contributed by atoms with van der Waals surface area (Å²) < 4.78 is 44.6. The van der Waals surface area contributed by atoms with Crippen LogP contribution in [0, 0.1) is 0 Å². The fourth-order valence-electron chi connectivity index (χ4n) is 3.71. The number of pyridine rings is 1. The molecule has 2 aliphatic carbocycles. The van der Waals surface area contributed by atoms with E-state index in [2.05, 4.69) is 25.3 Å². The summed E-state index contributed by atoms with van der Waals surface area (Å²) >= 11 is 0. The van der Waals surface area contributed by atoms with Gasteiger partial charge in [0.05, 0.1) is 18.4 Å². The van der Waals surface area contributed by atoms with Gasteiger partial charge in [0, 0.05) is 29.8 Å². The topological polar surface area (TPSA) is 93.8 Å². The number of fused-ring (bicyclic) bond motifs is 1. The Bertz CT molecular complexity index is 1140. The smallest absolute Gasteiger partial charge is 0.434 e. The third-order valence-corrected chi connectivity index (χ3v) is 5.44. The highest BCUT2D eigenvalue weighted by molar-refractivity contribution is 5.92. The van der Waals surface area contributed by atoms with E-state index in [0.717, 1.165) is 36.7 Å². The molecule has 10 heteroatoms. The van der Waals surface area contributed by atoms with E-state index < -0.39 is 29.5 Å². The van der Waals surface area contributed by atoms with Crippen molar-refractivity contribution in [2.24, 2.45) is 0 Å². The summed E-state index contributed by atoms with van der Waals surface area (Å²) in [6.45, 7) is 0. The molecule has 1 N–H and O–H groups in total. The molecule has 1 fully saturated rings. The maximum absolute atomic E-state index is 12.9. The largest absolute Gasteiger partial charge is 0.441 e. The van der Waals surface area contributed by atoms with Crippen LogP contribution in [-0.2, 0) is 12.6 Å². The Morgan fingerprint density at radius 1 is 1.16 bits per heavy atom. The van der Waals surface area contributed by atoms with Gasteiger partial charge in [0.25, 0.3) is 5.91 Å². The van der Waals surface area contributed by atoms with Crippen LogP contribution in [0.25, 0.3) is 11.5 Å². The summed E-state index contributed by atoms with van der Waals surface area (Å²) in [4.78, 5) is 28.5. The highest BCUT2D eigenvalue weighted by Gasteiger charge is 2.34. The number of carbonyl (C=O) groups excluding carboxylic acids is 1. The second-order valence-corrected chi connectivity index (χ2v) is 7.78. The first kappa shape index (κ1) is 19.7. The summed E-state index contributed by atoms with van der Waals surface area (Å²) in [5.41, 5.74) is 0.826. The first-order valence-corrected chi connectivity index (χ1v) is 10.0. The molecule has 0 aromatic carbocycles. The zero-order chi connectivity index (χ0) is 21.6. The Kier molecular flexibility index (Phi) is 4.71. The number of amides is 1. The average molecular weight is 429 g/mol. The minimum absolute atomic E-state index is 0.395. The summed E-state index contributed by atoms with van der Waals surface area (Å²) in [5, 5.41) is 2.73. The van der Waals surface area contributed by atoms with Crippen LogP contribution in [0.5, 0.6) is 0 Å². The maximum atomic E-state index is 12.9. The van der Waals surface area contributed by atoms with Crippen molar-refractivity contribution in [3.8, 4) is 11.5 Å². The molecule has 1 amide bonds. The van der Waals surface area contributed by atoms with Gasteiger partial charge in [0.1, 0.15) is 17.1 Å². The van der Waals surface area contributed by atoms with Crippen LogP contribution < -0.4 is 5.32 Å². The third-order valence-electron chi connectivity index (χ3n) is 5.44. The lowest BCUT2D eigenvalue weighted by molar-refractivity contribution is -0.141. The van der Waals surface area contributed by atoms with Gasteiger partial charge in [-0.05, 0) is 37.8 Å². The van der Waals surface area contributed by atoms with Gasteiger partial charge >= 0.3 is 6.18 Å². The van der Waals surface area contributed by atoms with Crippen molar-refractivity contribution in [2.45, 2.75) is 50.2 Å². The van der Waals surface area contributed by atoms with E-state index in [-0.39, 0.29) is 0 Å². The van der Waals surface area contributed by atoms with E-state index in [9.17, 15) is 18.0 Å². The standard InChI is InChI=1S/C21H18F3N5O2/c22-21(23,24)17-10-25-9-15(27-17)19(30)28-13-2-1-3-16-18(13)29-20(31-16)12-6-7-26-14(8-12)11-4-5-11/h6-11,13H,1-5H2,(H,28,30)/t13-/m0/s1. The Morgan fingerprint density at radius 3 is 2.77 bits per heavy atom. The first-order chi connectivity index (χ1) is 14.9. The van der Waals surface area contributed by atoms with E-state index in [1.54, 1.807) is 6.20 Å². The number of aromatic nitrogens is 4. The maximum Gasteiger partial charge on any atom is 0.434 e. The zero-order valence-electron chi connectivity index (χ0n) is 16.3. The van der Waals surface area contributed by atoms with Crippen molar-refractivity contribution in [3.63, 3.8) is 0 Å². The monoisotopic (exact) mass is 429 g/mol. The molecular formula is C21H18F3N5O2. The van der Waals surface area contributed by atoms with Crippen molar-refractivity contribution in [2.75, 3.05) is 0 Å². The number of rotatable bonds is 4. The van der Waals surface area contributed by atoms with E-state index in [4.69, 9.17) is 4.42 Å². The second kappa shape index (κ2) is 7.44. The van der Waals surface area contributed by atoms with E-state index >= 15 is 0 Å². The van der Waals surface area contributed by atoms with Crippen LogP contribution in [0.15, 0.2) is 35.1 Å². The van der Waals surface area contributed by atoms with Crippen LogP contribution in [0.4, 0.5) is 13.2 Å². The number of oxazole rings is 1. The SMILES string of the molecule is O=C(N[C@H]1CCCc2oc(-c3ccnc(C4CC4)c3)nc21)c1cncc(C(F)(F)F)n1. The summed E-state index contributed by atoms with van der Waals surface area (Å²) in [7, 11) is 0. The molecule has 1 saturated carbocycles. The van der Waals surface area contributed by atoms with Crippen LogP contribution in [0.3, 0.4) is 0 Å². The summed E-state index contributed by atoms with van der Waals surface area (Å²) in [6.07, 6.45) is 2.95. The Balaban J connectivity index is 1.38. The molecule has 160 valence electrons. The molecule has 3 heterocycles. The Morgan fingerprint density at radius 2 is 2.00 bits per heavy atom. The molecule has 0 unspecified atom stereocenters. The second-order valence-electron chi connectivity index (χ2n) is 7.78. The van der Waals surface area contributed by atoms with Gasteiger partial charge in [-0.1, -0.05) is 0 Å². The van der Waals surface area contributed by atoms with Gasteiger partial charge in [0.15, 0.2) is 5.69 Å². The van der Waals surface area contributed by atoms with Crippen molar-refractivity contribution < 1.29 is 22.4 Å². The van der Waals surface area contributed by atoms with Crippen LogP contribution >= 0.6 is 0 Å². The predicted molar refractivity (Wildman–Crippen MR) is 102 cm³/mol. The quantitative estimate of drug-likeness (QED) is 0.667. The molecular weight excluding hydrogens is 411 g/mol. The highest BCUT2D eigenvalue weighted by Crippen LogP contribution is 2.40. The number of aryl methyl sites for hydroxylation is 1.